The number of pyridine rings is 1. The second-order valence-electron chi connectivity index (χ2n) is 6.85. The molecule has 1 aromatic heterocycles. The molecule has 0 saturated heterocycles. The zero-order chi connectivity index (χ0) is 22.0. The standard InChI is InChI=1S/C20H19Cl3N4O3/c1-3-26(11-12-4-7-17(23)24-10-12)20-19(27(29)30)14(9-18(28)25(20)2)13-5-6-15(21)16(22)8-13/h4-8,10,14H,3,9,11H2,1-2H3. The van der Waals surface area contributed by atoms with Crippen LogP contribution in [-0.4, -0.2) is 39.2 Å². The normalized spacial score (nSPS) is 16.8. The Hall–Kier alpha value is -2.35. The summed E-state index contributed by atoms with van der Waals surface area (Å²) in [5.74, 6) is -0.713. The van der Waals surface area contributed by atoms with E-state index in [1.165, 1.54) is 4.90 Å². The lowest BCUT2D eigenvalue weighted by Crippen LogP contribution is -2.43. The number of hydrogen-bond donors (Lipinski definition) is 0. The van der Waals surface area contributed by atoms with Gasteiger partial charge >= 0.3 is 0 Å². The molecular weight excluding hydrogens is 451 g/mol. The topological polar surface area (TPSA) is 79.6 Å². The van der Waals surface area contributed by atoms with Crippen molar-refractivity contribution in [1.29, 1.82) is 0 Å². The molecule has 2 aromatic rings. The van der Waals surface area contributed by atoms with Gasteiger partial charge in [0.1, 0.15) is 5.15 Å². The van der Waals surface area contributed by atoms with Crippen LogP contribution in [0.15, 0.2) is 48.0 Å². The lowest BCUT2D eigenvalue weighted by molar-refractivity contribution is -0.434. The van der Waals surface area contributed by atoms with Crippen molar-refractivity contribution in [2.45, 2.75) is 25.8 Å². The van der Waals surface area contributed by atoms with Crippen molar-refractivity contribution in [1.82, 2.24) is 14.8 Å². The number of carbonyl (C=O) groups is 1. The third-order valence-electron chi connectivity index (χ3n) is 5.02. The Morgan fingerprint density at radius 1 is 1.23 bits per heavy atom. The van der Waals surface area contributed by atoms with E-state index in [0.717, 1.165) is 5.56 Å². The lowest BCUT2D eigenvalue weighted by atomic mass is 9.89. The molecule has 2 heterocycles. The third-order valence-corrected chi connectivity index (χ3v) is 5.98. The van der Waals surface area contributed by atoms with Crippen molar-refractivity contribution >= 4 is 40.7 Å². The van der Waals surface area contributed by atoms with Crippen molar-refractivity contribution in [3.8, 4) is 0 Å². The van der Waals surface area contributed by atoms with Gasteiger partial charge in [0.25, 0.3) is 5.70 Å². The second-order valence-corrected chi connectivity index (χ2v) is 8.05. The first kappa shape index (κ1) is 22.3. The highest BCUT2D eigenvalue weighted by Crippen LogP contribution is 2.39. The minimum atomic E-state index is -0.745. The highest BCUT2D eigenvalue weighted by molar-refractivity contribution is 6.42. The van der Waals surface area contributed by atoms with E-state index >= 15 is 0 Å². The monoisotopic (exact) mass is 468 g/mol. The fourth-order valence-corrected chi connectivity index (χ4v) is 3.92. The summed E-state index contributed by atoms with van der Waals surface area (Å²) in [6.45, 7) is 2.65. The van der Waals surface area contributed by atoms with E-state index in [-0.39, 0.29) is 28.9 Å². The smallest absolute Gasteiger partial charge is 0.294 e. The lowest BCUT2D eigenvalue weighted by Gasteiger charge is -2.36. The molecule has 0 fully saturated rings. The quantitative estimate of drug-likeness (QED) is 0.339. The predicted molar refractivity (Wildman–Crippen MR) is 116 cm³/mol. The molecule has 0 saturated carbocycles. The SMILES string of the molecule is CCN(Cc1ccc(Cl)nc1)C1=C([N+](=O)[O-])C(c2ccc(Cl)c(Cl)c2)CC(=O)N1C. The van der Waals surface area contributed by atoms with Gasteiger partial charge in [0.15, 0.2) is 5.82 Å². The first-order chi connectivity index (χ1) is 14.2. The molecule has 1 aliphatic heterocycles. The number of nitrogens with zero attached hydrogens (tertiary/aromatic N) is 4. The molecule has 0 radical (unpaired) electrons. The van der Waals surface area contributed by atoms with Gasteiger partial charge in [-0.3, -0.25) is 19.8 Å². The van der Waals surface area contributed by atoms with Gasteiger partial charge in [-0.2, -0.15) is 0 Å². The van der Waals surface area contributed by atoms with Crippen molar-refractivity contribution in [3.63, 3.8) is 0 Å². The van der Waals surface area contributed by atoms with Crippen molar-refractivity contribution in [2.75, 3.05) is 13.6 Å². The van der Waals surface area contributed by atoms with Crippen LogP contribution in [0.5, 0.6) is 0 Å². The minimum absolute atomic E-state index is 0.0334. The molecule has 7 nitrogen and oxygen atoms in total. The number of rotatable bonds is 6. The Labute approximate surface area is 189 Å². The maximum absolute atomic E-state index is 12.8. The number of amides is 1. The number of benzene rings is 1. The summed E-state index contributed by atoms with van der Waals surface area (Å²) in [4.78, 5) is 31.7. The largest absolute Gasteiger partial charge is 0.348 e. The van der Waals surface area contributed by atoms with E-state index in [1.807, 2.05) is 6.92 Å². The van der Waals surface area contributed by atoms with Crippen LogP contribution in [-0.2, 0) is 11.3 Å². The Bertz CT molecular complexity index is 1010. The first-order valence-electron chi connectivity index (χ1n) is 9.18. The van der Waals surface area contributed by atoms with E-state index in [2.05, 4.69) is 4.98 Å². The average molecular weight is 470 g/mol. The van der Waals surface area contributed by atoms with Crippen molar-refractivity contribution in [3.05, 3.63) is 84.5 Å². The number of carbonyl (C=O) groups excluding carboxylic acids is 1. The number of halogens is 3. The summed E-state index contributed by atoms with van der Waals surface area (Å²) in [5.41, 5.74) is 1.33. The van der Waals surface area contributed by atoms with Gasteiger partial charge in [-0.25, -0.2) is 4.98 Å². The second kappa shape index (κ2) is 9.20. The van der Waals surface area contributed by atoms with Gasteiger partial charge in [0.2, 0.25) is 5.91 Å². The molecule has 158 valence electrons. The number of aromatic nitrogens is 1. The molecule has 1 atom stereocenters. The number of allylic oxidation sites excluding steroid dienone is 1. The summed E-state index contributed by atoms with van der Waals surface area (Å²) < 4.78 is 0. The van der Waals surface area contributed by atoms with Gasteiger partial charge in [0.05, 0.1) is 20.9 Å². The fourth-order valence-electron chi connectivity index (χ4n) is 3.50. The van der Waals surface area contributed by atoms with E-state index in [9.17, 15) is 14.9 Å². The molecule has 1 unspecified atom stereocenters. The van der Waals surface area contributed by atoms with Crippen LogP contribution >= 0.6 is 34.8 Å². The van der Waals surface area contributed by atoms with Gasteiger partial charge in [-0.05, 0) is 36.2 Å². The first-order valence-corrected chi connectivity index (χ1v) is 10.3. The molecule has 0 N–H and O–H groups in total. The molecular formula is C20H19Cl3N4O3. The van der Waals surface area contributed by atoms with E-state index < -0.39 is 10.8 Å². The third kappa shape index (κ3) is 4.53. The molecule has 10 heteroatoms. The van der Waals surface area contributed by atoms with Crippen LogP contribution in [0.4, 0.5) is 0 Å². The minimum Gasteiger partial charge on any atom is -0.348 e. The van der Waals surface area contributed by atoms with Crippen molar-refractivity contribution < 1.29 is 9.72 Å². The van der Waals surface area contributed by atoms with Crippen LogP contribution in [0, 0.1) is 10.1 Å². The molecule has 0 spiro atoms. The van der Waals surface area contributed by atoms with Gasteiger partial charge in [0, 0.05) is 32.8 Å². The Balaban J connectivity index is 2.11. The highest BCUT2D eigenvalue weighted by atomic mass is 35.5. The van der Waals surface area contributed by atoms with Gasteiger partial charge in [-0.1, -0.05) is 46.9 Å². The molecule has 1 aliphatic rings. The van der Waals surface area contributed by atoms with E-state index in [0.29, 0.717) is 28.8 Å². The molecule has 1 amide bonds. The van der Waals surface area contributed by atoms with Crippen LogP contribution in [0.1, 0.15) is 30.4 Å². The predicted octanol–water partition coefficient (Wildman–Crippen LogP) is 4.96. The number of hydrogen-bond acceptors (Lipinski definition) is 5. The van der Waals surface area contributed by atoms with Crippen molar-refractivity contribution in [2.24, 2.45) is 0 Å². The maximum atomic E-state index is 12.8. The van der Waals surface area contributed by atoms with Gasteiger partial charge < -0.3 is 4.90 Å². The fraction of sp³-hybridized carbons (Fsp3) is 0.300. The van der Waals surface area contributed by atoms with E-state index in [1.54, 1.807) is 48.5 Å². The molecule has 3 rings (SSSR count). The summed E-state index contributed by atoms with van der Waals surface area (Å²) >= 11 is 18.0. The Morgan fingerprint density at radius 2 is 1.97 bits per heavy atom. The zero-order valence-corrected chi connectivity index (χ0v) is 18.6. The van der Waals surface area contributed by atoms with Crippen LogP contribution < -0.4 is 0 Å². The van der Waals surface area contributed by atoms with Crippen LogP contribution in [0.25, 0.3) is 0 Å². The molecule has 30 heavy (non-hydrogen) atoms. The zero-order valence-electron chi connectivity index (χ0n) is 16.3. The summed E-state index contributed by atoms with van der Waals surface area (Å²) in [6.07, 6.45) is 1.58. The summed E-state index contributed by atoms with van der Waals surface area (Å²) in [6, 6.07) is 8.27. The molecule has 0 aliphatic carbocycles. The summed E-state index contributed by atoms with van der Waals surface area (Å²) in [7, 11) is 1.55. The maximum Gasteiger partial charge on any atom is 0.294 e. The molecule has 1 aromatic carbocycles. The van der Waals surface area contributed by atoms with Crippen LogP contribution in [0.2, 0.25) is 15.2 Å². The van der Waals surface area contributed by atoms with E-state index in [4.69, 9.17) is 34.8 Å². The Morgan fingerprint density at radius 3 is 2.53 bits per heavy atom. The number of nitro groups is 1. The average Bonchev–Trinajstić information content (AvgIpc) is 2.71. The summed E-state index contributed by atoms with van der Waals surface area (Å²) in [5, 5.41) is 13.1. The van der Waals surface area contributed by atoms with Crippen LogP contribution in [0.3, 0.4) is 0 Å². The van der Waals surface area contributed by atoms with Gasteiger partial charge in [-0.15, -0.1) is 0 Å². The highest BCUT2D eigenvalue weighted by Gasteiger charge is 2.42. The Kier molecular flexibility index (Phi) is 6.85. The molecule has 0 bridgehead atoms.